The van der Waals surface area contributed by atoms with Gasteiger partial charge in [0.05, 0.1) is 0 Å². The van der Waals surface area contributed by atoms with Crippen LogP contribution >= 0.6 is 0 Å². The van der Waals surface area contributed by atoms with E-state index in [0.717, 1.165) is 5.56 Å². The van der Waals surface area contributed by atoms with E-state index < -0.39 is 0 Å². The normalized spacial score (nSPS) is 9.94. The van der Waals surface area contributed by atoms with E-state index in [-0.39, 0.29) is 5.97 Å². The molecule has 0 spiro atoms. The number of benzene rings is 2. The summed E-state index contributed by atoms with van der Waals surface area (Å²) in [6, 6.07) is 17.0. The quantitative estimate of drug-likeness (QED) is 0.634. The van der Waals surface area contributed by atoms with Gasteiger partial charge in [-0.05, 0) is 0 Å². The van der Waals surface area contributed by atoms with Crippen LogP contribution in [0.5, 0.6) is 0 Å². The second-order valence-corrected chi connectivity index (χ2v) is 5.14. The first-order chi connectivity index (χ1) is 8.27. The Morgan fingerprint density at radius 2 is 1.65 bits per heavy atom. The van der Waals surface area contributed by atoms with Gasteiger partial charge in [-0.1, -0.05) is 0 Å². The first kappa shape index (κ1) is 12.2. The third kappa shape index (κ3) is 3.33. The number of ether oxygens (including phenoxy) is 1. The van der Waals surface area contributed by atoms with Crippen molar-refractivity contribution in [1.82, 2.24) is 0 Å². The molecule has 83 valence electrons. The molecule has 2 aromatic carbocycles. The number of esters is 1. The number of hydrogen-bond acceptors (Lipinski definition) is 2. The second kappa shape index (κ2) is 5.87. The summed E-state index contributed by atoms with van der Waals surface area (Å²) >= 11 is 1.33. The molecule has 0 saturated carbocycles. The maximum absolute atomic E-state index is 11.7. The molecule has 0 aromatic heterocycles. The van der Waals surface area contributed by atoms with Crippen LogP contribution in [0.25, 0.3) is 0 Å². The molecule has 0 unspecified atom stereocenters. The van der Waals surface area contributed by atoms with E-state index >= 15 is 0 Å². The van der Waals surface area contributed by atoms with Gasteiger partial charge in [0.1, 0.15) is 0 Å². The molecule has 0 aliphatic rings. The molecular weight excluding hydrogens is 319 g/mol. The zero-order valence-corrected chi connectivity index (χ0v) is 12.1. The fourth-order valence-corrected chi connectivity index (χ4v) is 2.17. The van der Waals surface area contributed by atoms with E-state index in [9.17, 15) is 4.79 Å². The Labute approximate surface area is 114 Å². The monoisotopic (exact) mass is 331 g/mol. The van der Waals surface area contributed by atoms with E-state index in [1.807, 2.05) is 42.5 Å². The Bertz CT molecular complexity index is 509. The third-order valence-electron chi connectivity index (χ3n) is 2.39. The number of hydrogen-bond donors (Lipinski definition) is 0. The average molecular weight is 330 g/mol. The Morgan fingerprint density at radius 1 is 1.00 bits per heavy atom. The fraction of sp³-hybridized carbons (Fsp3) is 0.0714. The minimum absolute atomic E-state index is 0.273. The average Bonchev–Trinajstić information content (AvgIpc) is 2.38. The molecule has 17 heavy (non-hydrogen) atoms. The van der Waals surface area contributed by atoms with Crippen LogP contribution in [0.15, 0.2) is 54.6 Å². The van der Waals surface area contributed by atoms with Gasteiger partial charge in [-0.15, -0.1) is 0 Å². The topological polar surface area (TPSA) is 26.3 Å². The SMILES string of the molecule is O=C(OCc1cccc[c]1[Sn])c1ccccc1. The van der Waals surface area contributed by atoms with E-state index in [0.29, 0.717) is 12.2 Å². The van der Waals surface area contributed by atoms with Crippen molar-refractivity contribution in [2.75, 3.05) is 0 Å². The summed E-state index contributed by atoms with van der Waals surface area (Å²) in [4.78, 5) is 11.7. The zero-order chi connectivity index (χ0) is 12.1. The van der Waals surface area contributed by atoms with E-state index in [1.54, 1.807) is 12.1 Å². The van der Waals surface area contributed by atoms with Gasteiger partial charge in [-0.3, -0.25) is 0 Å². The standard InChI is InChI=1S/C14H11O2.Sn/c15-14(13-9-5-2-6-10-13)16-11-12-7-3-1-4-8-12;/h1-7,9-10H,11H2;. The molecule has 0 heterocycles. The van der Waals surface area contributed by atoms with Crippen LogP contribution in [0.1, 0.15) is 15.9 Å². The summed E-state index contributed by atoms with van der Waals surface area (Å²) in [6.45, 7) is 0.342. The van der Waals surface area contributed by atoms with Crippen molar-refractivity contribution in [2.45, 2.75) is 6.61 Å². The molecule has 3 radical (unpaired) electrons. The maximum atomic E-state index is 11.7. The first-order valence-electron chi connectivity index (χ1n) is 5.29. The Kier molecular flexibility index (Phi) is 4.20. The number of carbonyl (C=O) groups is 1. The third-order valence-corrected chi connectivity index (χ3v) is 3.78. The van der Waals surface area contributed by atoms with Crippen molar-refractivity contribution >= 4 is 32.1 Å². The predicted octanol–water partition coefficient (Wildman–Crippen LogP) is 1.84. The summed E-state index contributed by atoms with van der Waals surface area (Å²) in [5, 5.41) is 0. The predicted molar refractivity (Wildman–Crippen MR) is 67.4 cm³/mol. The molecule has 2 aromatic rings. The summed E-state index contributed by atoms with van der Waals surface area (Å²) in [6.07, 6.45) is 0. The summed E-state index contributed by atoms with van der Waals surface area (Å²) < 4.78 is 6.49. The summed E-state index contributed by atoms with van der Waals surface area (Å²) in [7, 11) is 0. The number of carbonyl (C=O) groups excluding carboxylic acids is 1. The van der Waals surface area contributed by atoms with Gasteiger partial charge in [0.2, 0.25) is 0 Å². The summed E-state index contributed by atoms with van der Waals surface area (Å²) in [5.41, 5.74) is 1.67. The van der Waals surface area contributed by atoms with Crippen molar-refractivity contribution in [3.8, 4) is 0 Å². The van der Waals surface area contributed by atoms with Gasteiger partial charge < -0.3 is 0 Å². The van der Waals surface area contributed by atoms with Crippen molar-refractivity contribution in [3.05, 3.63) is 65.7 Å². The van der Waals surface area contributed by atoms with Crippen LogP contribution in [0.3, 0.4) is 0 Å². The minimum atomic E-state index is -0.273. The zero-order valence-electron chi connectivity index (χ0n) is 9.22. The van der Waals surface area contributed by atoms with Crippen molar-refractivity contribution < 1.29 is 9.53 Å². The van der Waals surface area contributed by atoms with Crippen molar-refractivity contribution in [3.63, 3.8) is 0 Å². The first-order valence-corrected chi connectivity index (χ1v) is 6.72. The molecule has 0 atom stereocenters. The molecule has 2 rings (SSSR count). The molecule has 3 heteroatoms. The van der Waals surface area contributed by atoms with Gasteiger partial charge in [-0.25, -0.2) is 0 Å². The van der Waals surface area contributed by atoms with Crippen LogP contribution in [-0.2, 0) is 11.3 Å². The molecule has 0 aliphatic carbocycles. The molecule has 0 saturated heterocycles. The van der Waals surface area contributed by atoms with Gasteiger partial charge in [0.15, 0.2) is 0 Å². The van der Waals surface area contributed by atoms with E-state index in [2.05, 4.69) is 0 Å². The van der Waals surface area contributed by atoms with Crippen LogP contribution in [-0.4, -0.2) is 28.5 Å². The van der Waals surface area contributed by atoms with Crippen LogP contribution < -0.4 is 3.58 Å². The Hall–Kier alpha value is -1.29. The Balaban J connectivity index is 2.00. The second-order valence-electron chi connectivity index (χ2n) is 3.60. The van der Waals surface area contributed by atoms with Crippen LogP contribution in [0.4, 0.5) is 0 Å². The van der Waals surface area contributed by atoms with Gasteiger partial charge in [0, 0.05) is 0 Å². The number of rotatable bonds is 3. The van der Waals surface area contributed by atoms with Gasteiger partial charge in [-0.2, -0.15) is 0 Å². The van der Waals surface area contributed by atoms with Crippen LogP contribution in [0.2, 0.25) is 0 Å². The van der Waals surface area contributed by atoms with Crippen LogP contribution in [0, 0.1) is 0 Å². The molecule has 0 bridgehead atoms. The fourth-order valence-electron chi connectivity index (χ4n) is 1.45. The molecule has 0 fully saturated rings. The van der Waals surface area contributed by atoms with Crippen molar-refractivity contribution in [1.29, 1.82) is 0 Å². The van der Waals surface area contributed by atoms with Gasteiger partial charge in [0.25, 0.3) is 0 Å². The van der Waals surface area contributed by atoms with Crippen molar-refractivity contribution in [2.24, 2.45) is 0 Å². The molecule has 0 N–H and O–H groups in total. The van der Waals surface area contributed by atoms with E-state index in [4.69, 9.17) is 4.74 Å². The molecule has 2 nitrogen and oxygen atoms in total. The summed E-state index contributed by atoms with van der Waals surface area (Å²) in [5.74, 6) is -0.273. The molecular formula is C14H11O2Sn. The molecule has 0 amide bonds. The van der Waals surface area contributed by atoms with E-state index in [1.165, 1.54) is 26.1 Å². The molecule has 0 aliphatic heterocycles. The van der Waals surface area contributed by atoms with Gasteiger partial charge >= 0.3 is 114 Å². The Morgan fingerprint density at radius 3 is 2.35 bits per heavy atom.